The summed E-state index contributed by atoms with van der Waals surface area (Å²) in [5.74, 6) is 1.77. The van der Waals surface area contributed by atoms with Gasteiger partial charge < -0.3 is 5.32 Å². The van der Waals surface area contributed by atoms with Gasteiger partial charge in [0.15, 0.2) is 0 Å². The molecule has 1 aromatic rings. The summed E-state index contributed by atoms with van der Waals surface area (Å²) in [5, 5.41) is 3.66. The van der Waals surface area contributed by atoms with Crippen LogP contribution in [-0.2, 0) is 6.42 Å². The van der Waals surface area contributed by atoms with Gasteiger partial charge in [0.25, 0.3) is 0 Å². The molecular formula is C17H25N. The summed E-state index contributed by atoms with van der Waals surface area (Å²) >= 11 is 0. The highest BCUT2D eigenvalue weighted by Crippen LogP contribution is 2.41. The highest BCUT2D eigenvalue weighted by molar-refractivity contribution is 5.60. The van der Waals surface area contributed by atoms with Crippen LogP contribution in [0.15, 0.2) is 18.2 Å². The van der Waals surface area contributed by atoms with E-state index >= 15 is 0 Å². The van der Waals surface area contributed by atoms with Crippen LogP contribution in [-0.4, -0.2) is 6.54 Å². The van der Waals surface area contributed by atoms with Crippen LogP contribution in [0, 0.1) is 5.92 Å². The van der Waals surface area contributed by atoms with Crippen LogP contribution in [0.25, 0.3) is 0 Å². The second-order valence-electron chi connectivity index (χ2n) is 6.05. The number of hydrogen-bond acceptors (Lipinski definition) is 1. The van der Waals surface area contributed by atoms with Crippen molar-refractivity contribution in [3.05, 3.63) is 29.3 Å². The summed E-state index contributed by atoms with van der Waals surface area (Å²) in [7, 11) is 0. The van der Waals surface area contributed by atoms with Crippen molar-refractivity contribution in [2.45, 2.75) is 57.8 Å². The highest BCUT2D eigenvalue weighted by atomic mass is 14.9. The number of benzene rings is 1. The number of hydrogen-bond donors (Lipinski definition) is 1. The van der Waals surface area contributed by atoms with Gasteiger partial charge in [0.2, 0.25) is 0 Å². The van der Waals surface area contributed by atoms with Crippen molar-refractivity contribution in [2.24, 2.45) is 5.92 Å². The van der Waals surface area contributed by atoms with Gasteiger partial charge in [-0.15, -0.1) is 0 Å². The Morgan fingerprint density at radius 2 is 2.17 bits per heavy atom. The number of fused-ring (bicyclic) bond motifs is 1. The monoisotopic (exact) mass is 243 g/mol. The fraction of sp³-hybridized carbons (Fsp3) is 0.647. The molecular weight excluding hydrogens is 218 g/mol. The van der Waals surface area contributed by atoms with Gasteiger partial charge in [0.05, 0.1) is 0 Å². The lowest BCUT2D eigenvalue weighted by Crippen LogP contribution is -2.18. The Labute approximate surface area is 111 Å². The van der Waals surface area contributed by atoms with E-state index in [4.69, 9.17) is 0 Å². The van der Waals surface area contributed by atoms with Crippen molar-refractivity contribution in [3.8, 4) is 0 Å². The van der Waals surface area contributed by atoms with E-state index in [2.05, 4.69) is 30.4 Å². The molecule has 1 saturated carbocycles. The zero-order chi connectivity index (χ0) is 12.4. The molecule has 18 heavy (non-hydrogen) atoms. The summed E-state index contributed by atoms with van der Waals surface area (Å²) in [6.45, 7) is 3.51. The lowest BCUT2D eigenvalue weighted by atomic mass is 9.76. The molecule has 2 atom stereocenters. The largest absolute Gasteiger partial charge is 0.385 e. The van der Waals surface area contributed by atoms with E-state index in [1.54, 1.807) is 11.1 Å². The minimum absolute atomic E-state index is 0.809. The smallest absolute Gasteiger partial charge is 0.0408 e. The Morgan fingerprint density at radius 1 is 1.22 bits per heavy atom. The molecule has 0 saturated heterocycles. The van der Waals surface area contributed by atoms with Crippen molar-refractivity contribution in [3.63, 3.8) is 0 Å². The van der Waals surface area contributed by atoms with E-state index in [1.807, 2.05) is 0 Å². The normalized spacial score (nSPS) is 27.4. The minimum Gasteiger partial charge on any atom is -0.385 e. The van der Waals surface area contributed by atoms with Gasteiger partial charge >= 0.3 is 0 Å². The predicted molar refractivity (Wildman–Crippen MR) is 78.2 cm³/mol. The number of aryl methyl sites for hydroxylation is 1. The van der Waals surface area contributed by atoms with E-state index in [0.29, 0.717) is 0 Å². The first kappa shape index (κ1) is 12.1. The first-order valence-corrected chi connectivity index (χ1v) is 7.74. The second kappa shape index (κ2) is 5.34. The Kier molecular flexibility index (Phi) is 3.58. The van der Waals surface area contributed by atoms with Crippen LogP contribution < -0.4 is 5.32 Å². The van der Waals surface area contributed by atoms with E-state index in [1.165, 1.54) is 50.6 Å². The molecule has 0 spiro atoms. The SMILES string of the molecule is CCC1CCCC(c2cccc3c2NCCC3)C1. The molecule has 1 aliphatic heterocycles. The number of para-hydroxylation sites is 1. The minimum atomic E-state index is 0.809. The van der Waals surface area contributed by atoms with E-state index in [-0.39, 0.29) is 0 Å². The van der Waals surface area contributed by atoms with Gasteiger partial charge in [-0.25, -0.2) is 0 Å². The van der Waals surface area contributed by atoms with Gasteiger partial charge in [0, 0.05) is 12.2 Å². The predicted octanol–water partition coefficient (Wildman–Crippen LogP) is 4.73. The molecule has 1 aliphatic carbocycles. The molecule has 0 aromatic heterocycles. The first-order valence-electron chi connectivity index (χ1n) is 7.74. The highest BCUT2D eigenvalue weighted by Gasteiger charge is 2.25. The molecule has 3 rings (SSSR count). The van der Waals surface area contributed by atoms with Crippen LogP contribution in [0.1, 0.15) is 62.5 Å². The second-order valence-corrected chi connectivity index (χ2v) is 6.05. The van der Waals surface area contributed by atoms with E-state index < -0.39 is 0 Å². The Balaban J connectivity index is 1.87. The Morgan fingerprint density at radius 3 is 3.06 bits per heavy atom. The molecule has 0 amide bonds. The standard InChI is InChI=1S/C17H25N/c1-2-13-6-3-8-15(12-13)16-10-4-7-14-9-5-11-18-17(14)16/h4,7,10,13,15,18H,2-3,5-6,8-9,11-12H2,1H3. The van der Waals surface area contributed by atoms with Crippen LogP contribution in [0.2, 0.25) is 0 Å². The average molecular weight is 243 g/mol. The number of rotatable bonds is 2. The third kappa shape index (κ3) is 2.28. The molecule has 1 nitrogen and oxygen atoms in total. The molecule has 1 heterocycles. The maximum absolute atomic E-state index is 3.66. The van der Waals surface area contributed by atoms with E-state index in [0.717, 1.165) is 18.4 Å². The van der Waals surface area contributed by atoms with Crippen LogP contribution >= 0.6 is 0 Å². The lowest BCUT2D eigenvalue weighted by Gasteiger charge is -2.32. The maximum atomic E-state index is 3.66. The van der Waals surface area contributed by atoms with Gasteiger partial charge in [-0.3, -0.25) is 0 Å². The van der Waals surface area contributed by atoms with Crippen LogP contribution in [0.3, 0.4) is 0 Å². The maximum Gasteiger partial charge on any atom is 0.0408 e. The summed E-state index contributed by atoms with van der Waals surface area (Å²) in [5.41, 5.74) is 4.66. The first-order chi connectivity index (χ1) is 8.88. The van der Waals surface area contributed by atoms with Crippen molar-refractivity contribution in [1.29, 1.82) is 0 Å². The lowest BCUT2D eigenvalue weighted by molar-refractivity contribution is 0.315. The summed E-state index contributed by atoms with van der Waals surface area (Å²) in [6.07, 6.45) is 9.60. The molecule has 0 radical (unpaired) electrons. The molecule has 2 unspecified atom stereocenters. The third-order valence-corrected chi connectivity index (χ3v) is 4.91. The van der Waals surface area contributed by atoms with Crippen LogP contribution in [0.4, 0.5) is 5.69 Å². The third-order valence-electron chi connectivity index (χ3n) is 4.91. The Bertz CT molecular complexity index is 410. The number of nitrogens with one attached hydrogen (secondary N) is 1. The average Bonchev–Trinajstić information content (AvgIpc) is 2.47. The zero-order valence-corrected chi connectivity index (χ0v) is 11.5. The molecule has 98 valence electrons. The van der Waals surface area contributed by atoms with E-state index in [9.17, 15) is 0 Å². The molecule has 2 aliphatic rings. The Hall–Kier alpha value is -0.980. The topological polar surface area (TPSA) is 12.0 Å². The summed E-state index contributed by atoms with van der Waals surface area (Å²) in [4.78, 5) is 0. The fourth-order valence-electron chi connectivity index (χ4n) is 3.82. The number of anilines is 1. The quantitative estimate of drug-likeness (QED) is 0.792. The van der Waals surface area contributed by atoms with Crippen molar-refractivity contribution in [2.75, 3.05) is 11.9 Å². The van der Waals surface area contributed by atoms with Gasteiger partial charge in [-0.05, 0) is 48.6 Å². The van der Waals surface area contributed by atoms with Gasteiger partial charge in [-0.1, -0.05) is 44.4 Å². The molecule has 0 bridgehead atoms. The zero-order valence-electron chi connectivity index (χ0n) is 11.5. The molecule has 1 aromatic carbocycles. The van der Waals surface area contributed by atoms with Crippen LogP contribution in [0.5, 0.6) is 0 Å². The van der Waals surface area contributed by atoms with Gasteiger partial charge in [0.1, 0.15) is 0 Å². The molecule has 1 fully saturated rings. The molecule has 1 N–H and O–H groups in total. The summed E-state index contributed by atoms with van der Waals surface area (Å²) < 4.78 is 0. The van der Waals surface area contributed by atoms with Crippen molar-refractivity contribution in [1.82, 2.24) is 0 Å². The molecule has 1 heteroatoms. The summed E-state index contributed by atoms with van der Waals surface area (Å²) in [6, 6.07) is 6.96. The van der Waals surface area contributed by atoms with Gasteiger partial charge in [-0.2, -0.15) is 0 Å². The van der Waals surface area contributed by atoms with Crippen molar-refractivity contribution >= 4 is 5.69 Å². The fourth-order valence-corrected chi connectivity index (χ4v) is 3.82. The van der Waals surface area contributed by atoms with Crippen molar-refractivity contribution < 1.29 is 0 Å².